The summed E-state index contributed by atoms with van der Waals surface area (Å²) in [6.45, 7) is -0.457. The number of carbonyl (C=O) groups excluding carboxylic acids is 2. The third-order valence-corrected chi connectivity index (χ3v) is 3.58. The van der Waals surface area contributed by atoms with Crippen LogP contribution in [0.25, 0.3) is 0 Å². The predicted octanol–water partition coefficient (Wildman–Crippen LogP) is 0.817. The van der Waals surface area contributed by atoms with E-state index in [-0.39, 0.29) is 45.1 Å². The van der Waals surface area contributed by atoms with Crippen LogP contribution in [0.4, 0.5) is 11.4 Å². The van der Waals surface area contributed by atoms with Crippen LogP contribution in [0.3, 0.4) is 0 Å². The number of anilines is 2. The lowest BCUT2D eigenvalue weighted by Gasteiger charge is -2.22. The lowest BCUT2D eigenvalue weighted by Crippen LogP contribution is -2.24. The SMILES string of the molecule is Nc1ccc(O)c2c1C(=O)c1c(NCO)ccc(O)c1C2=O. The predicted molar refractivity (Wildman–Crippen MR) is 78.2 cm³/mol. The number of rotatable bonds is 2. The minimum Gasteiger partial charge on any atom is -0.507 e. The number of nitrogen functional groups attached to an aromatic ring is 1. The Bertz CT molecular complexity index is 829. The first kappa shape index (κ1) is 13.9. The molecule has 0 spiro atoms. The van der Waals surface area contributed by atoms with E-state index >= 15 is 0 Å². The maximum atomic E-state index is 12.7. The Morgan fingerprint density at radius 1 is 0.864 bits per heavy atom. The molecule has 2 aromatic rings. The molecule has 7 heteroatoms. The van der Waals surface area contributed by atoms with Gasteiger partial charge < -0.3 is 26.4 Å². The fourth-order valence-electron chi connectivity index (χ4n) is 2.62. The molecule has 0 saturated heterocycles. The molecule has 7 nitrogen and oxygen atoms in total. The van der Waals surface area contributed by atoms with Crippen molar-refractivity contribution in [3.8, 4) is 11.5 Å². The van der Waals surface area contributed by atoms with Crippen LogP contribution in [0.2, 0.25) is 0 Å². The minimum atomic E-state index is -0.700. The second-order valence-corrected chi connectivity index (χ2v) is 4.80. The van der Waals surface area contributed by atoms with Crippen LogP contribution in [-0.4, -0.2) is 33.6 Å². The number of fused-ring (bicyclic) bond motifs is 2. The van der Waals surface area contributed by atoms with Crippen molar-refractivity contribution in [2.75, 3.05) is 17.8 Å². The number of aromatic hydroxyl groups is 2. The van der Waals surface area contributed by atoms with Gasteiger partial charge in [0.25, 0.3) is 0 Å². The molecular formula is C15H12N2O5. The van der Waals surface area contributed by atoms with Crippen LogP contribution in [0, 0.1) is 0 Å². The normalized spacial score (nSPS) is 12.8. The molecular weight excluding hydrogens is 288 g/mol. The number of aliphatic hydroxyl groups excluding tert-OH is 1. The van der Waals surface area contributed by atoms with E-state index in [1.165, 1.54) is 24.3 Å². The topological polar surface area (TPSA) is 133 Å². The number of carbonyl (C=O) groups is 2. The molecule has 0 unspecified atom stereocenters. The molecule has 0 atom stereocenters. The molecule has 1 aliphatic rings. The maximum Gasteiger partial charge on any atom is 0.202 e. The standard InChI is InChI=1S/C15H12N2O5/c16-6-1-3-8(19)12-10(6)14(21)11-7(17-5-18)2-4-9(20)13(11)15(12)22/h1-4,17-20H,5,16H2. The summed E-state index contributed by atoms with van der Waals surface area (Å²) in [5.74, 6) is -2.07. The van der Waals surface area contributed by atoms with E-state index < -0.39 is 18.3 Å². The molecule has 0 aliphatic heterocycles. The first-order valence-corrected chi connectivity index (χ1v) is 6.39. The molecule has 112 valence electrons. The molecule has 22 heavy (non-hydrogen) atoms. The first-order valence-electron chi connectivity index (χ1n) is 6.39. The van der Waals surface area contributed by atoms with Crippen molar-refractivity contribution in [2.24, 2.45) is 0 Å². The average molecular weight is 300 g/mol. The number of benzene rings is 2. The maximum absolute atomic E-state index is 12.7. The third-order valence-electron chi connectivity index (χ3n) is 3.58. The summed E-state index contributed by atoms with van der Waals surface area (Å²) >= 11 is 0. The fraction of sp³-hybridized carbons (Fsp3) is 0.0667. The second-order valence-electron chi connectivity index (χ2n) is 4.80. The lowest BCUT2D eigenvalue weighted by atomic mass is 9.81. The van der Waals surface area contributed by atoms with Gasteiger partial charge in [0, 0.05) is 11.4 Å². The van der Waals surface area contributed by atoms with Crippen molar-refractivity contribution in [1.82, 2.24) is 0 Å². The summed E-state index contributed by atoms with van der Waals surface area (Å²) in [6.07, 6.45) is 0. The Morgan fingerprint density at radius 3 is 2.05 bits per heavy atom. The van der Waals surface area contributed by atoms with Gasteiger partial charge in [-0.2, -0.15) is 0 Å². The van der Waals surface area contributed by atoms with Crippen molar-refractivity contribution in [2.45, 2.75) is 0 Å². The highest BCUT2D eigenvalue weighted by Gasteiger charge is 2.37. The highest BCUT2D eigenvalue weighted by atomic mass is 16.3. The van der Waals surface area contributed by atoms with Crippen molar-refractivity contribution < 1.29 is 24.9 Å². The molecule has 6 N–H and O–H groups in total. The van der Waals surface area contributed by atoms with Gasteiger partial charge in [-0.05, 0) is 24.3 Å². The van der Waals surface area contributed by atoms with Crippen LogP contribution in [0.1, 0.15) is 31.8 Å². The molecule has 3 rings (SSSR count). The highest BCUT2D eigenvalue weighted by molar-refractivity contribution is 6.33. The Kier molecular flexibility index (Phi) is 3.00. The van der Waals surface area contributed by atoms with E-state index in [0.29, 0.717) is 0 Å². The zero-order chi connectivity index (χ0) is 16.0. The molecule has 0 amide bonds. The van der Waals surface area contributed by atoms with Crippen LogP contribution in [-0.2, 0) is 0 Å². The second kappa shape index (κ2) is 4.74. The van der Waals surface area contributed by atoms with Gasteiger partial charge in [-0.1, -0.05) is 0 Å². The minimum absolute atomic E-state index is 0.0510. The van der Waals surface area contributed by atoms with E-state index in [1.807, 2.05) is 0 Å². The van der Waals surface area contributed by atoms with E-state index in [1.54, 1.807) is 0 Å². The summed E-state index contributed by atoms with van der Waals surface area (Å²) in [5.41, 5.74) is 5.37. The van der Waals surface area contributed by atoms with Gasteiger partial charge >= 0.3 is 0 Å². The lowest BCUT2D eigenvalue weighted by molar-refractivity contribution is 0.0975. The highest BCUT2D eigenvalue weighted by Crippen LogP contribution is 2.41. The van der Waals surface area contributed by atoms with E-state index in [0.717, 1.165) is 0 Å². The van der Waals surface area contributed by atoms with Crippen LogP contribution in [0.15, 0.2) is 24.3 Å². The molecule has 0 fully saturated rings. The Labute approximate surface area is 124 Å². The van der Waals surface area contributed by atoms with Gasteiger partial charge in [0.2, 0.25) is 5.78 Å². The van der Waals surface area contributed by atoms with Crippen molar-refractivity contribution in [1.29, 1.82) is 0 Å². The molecule has 0 aromatic heterocycles. The summed E-state index contributed by atoms with van der Waals surface area (Å²) in [7, 11) is 0. The van der Waals surface area contributed by atoms with E-state index in [9.17, 15) is 19.8 Å². The number of ketones is 2. The van der Waals surface area contributed by atoms with Crippen LogP contribution in [0.5, 0.6) is 11.5 Å². The number of nitrogens with two attached hydrogens (primary N) is 1. The van der Waals surface area contributed by atoms with Crippen molar-refractivity contribution in [3.05, 3.63) is 46.5 Å². The van der Waals surface area contributed by atoms with E-state index in [4.69, 9.17) is 10.8 Å². The number of hydrogen-bond donors (Lipinski definition) is 5. The Balaban J connectivity index is 2.38. The quantitative estimate of drug-likeness (QED) is 0.269. The summed E-state index contributed by atoms with van der Waals surface area (Å²) in [5, 5.41) is 31.4. The van der Waals surface area contributed by atoms with Gasteiger partial charge in [0.15, 0.2) is 5.78 Å². The van der Waals surface area contributed by atoms with Gasteiger partial charge in [-0.25, -0.2) is 0 Å². The molecule has 0 radical (unpaired) electrons. The number of hydrogen-bond acceptors (Lipinski definition) is 7. The molecule has 1 aliphatic carbocycles. The summed E-state index contributed by atoms with van der Waals surface area (Å²) in [4.78, 5) is 25.3. The largest absolute Gasteiger partial charge is 0.507 e. The smallest absolute Gasteiger partial charge is 0.202 e. The molecule has 0 bridgehead atoms. The van der Waals surface area contributed by atoms with Crippen molar-refractivity contribution in [3.63, 3.8) is 0 Å². The van der Waals surface area contributed by atoms with Gasteiger partial charge in [-0.3, -0.25) is 9.59 Å². The molecule has 2 aromatic carbocycles. The monoisotopic (exact) mass is 300 g/mol. The zero-order valence-corrected chi connectivity index (χ0v) is 11.3. The molecule has 0 saturated carbocycles. The van der Waals surface area contributed by atoms with Gasteiger partial charge in [-0.15, -0.1) is 0 Å². The first-order chi connectivity index (χ1) is 10.5. The third kappa shape index (κ3) is 1.73. The van der Waals surface area contributed by atoms with E-state index in [2.05, 4.69) is 5.32 Å². The molecule has 0 heterocycles. The Hall–Kier alpha value is -3.06. The number of nitrogens with one attached hydrogen (secondary N) is 1. The van der Waals surface area contributed by atoms with Gasteiger partial charge in [0.1, 0.15) is 18.2 Å². The van der Waals surface area contributed by atoms with Crippen LogP contribution < -0.4 is 11.1 Å². The summed E-state index contributed by atoms with van der Waals surface area (Å²) < 4.78 is 0. The zero-order valence-electron chi connectivity index (χ0n) is 11.3. The number of aliphatic hydroxyl groups is 1. The summed E-state index contributed by atoms with van der Waals surface area (Å²) in [6, 6.07) is 5.15. The van der Waals surface area contributed by atoms with Crippen molar-refractivity contribution >= 4 is 22.9 Å². The fourth-order valence-corrected chi connectivity index (χ4v) is 2.62. The Morgan fingerprint density at radius 2 is 1.41 bits per heavy atom. The number of phenolic OH excluding ortho intramolecular Hbond substituents is 2. The average Bonchev–Trinajstić information content (AvgIpc) is 2.49. The number of phenols is 2. The van der Waals surface area contributed by atoms with Gasteiger partial charge in [0.05, 0.1) is 22.3 Å². The van der Waals surface area contributed by atoms with Crippen LogP contribution >= 0.6 is 0 Å².